The minimum atomic E-state index is -2.25. The number of hydrogen-bond acceptors (Lipinski definition) is 4. The van der Waals surface area contributed by atoms with Crippen LogP contribution in [-0.4, -0.2) is 0 Å². The summed E-state index contributed by atoms with van der Waals surface area (Å²) in [6, 6.07) is 10.8. The van der Waals surface area contributed by atoms with Crippen molar-refractivity contribution in [3.8, 4) is 17.2 Å². The highest BCUT2D eigenvalue weighted by molar-refractivity contribution is 9.10. The van der Waals surface area contributed by atoms with Gasteiger partial charge in [0, 0.05) is 6.07 Å². The maximum atomic E-state index is 13.8. The van der Waals surface area contributed by atoms with Crippen molar-refractivity contribution in [2.24, 2.45) is 0 Å². The Morgan fingerprint density at radius 2 is 1.55 bits per heavy atom. The second kappa shape index (κ2) is 8.86. The molecule has 0 atom stereocenters. The molecule has 4 aromatic rings. The van der Waals surface area contributed by atoms with Crippen LogP contribution in [0.3, 0.4) is 0 Å². The Bertz CT molecular complexity index is 1420. The number of fused-ring (bicyclic) bond motifs is 1. The van der Waals surface area contributed by atoms with Crippen molar-refractivity contribution in [2.75, 3.05) is 0 Å². The average molecular weight is 527 g/mol. The van der Waals surface area contributed by atoms with Crippen LogP contribution in [0.25, 0.3) is 11.0 Å². The van der Waals surface area contributed by atoms with Crippen LogP contribution in [0.5, 0.6) is 17.2 Å². The van der Waals surface area contributed by atoms with Gasteiger partial charge in [0.2, 0.25) is 17.0 Å². The molecular weight excluding hydrogens is 515 g/mol. The molecule has 1 aromatic heterocycles. The standard InChI is InChI=1S/C23H12BrF5O4/c1-10-23(33-15-5-3-2-4-14(15)24)22(30)12-7-6-11(8-16(12)32-10)31-9-13-17(25)19(27)21(29)20(28)18(13)26/h2-8H,9H2,1H3. The third kappa shape index (κ3) is 4.18. The van der Waals surface area contributed by atoms with E-state index in [1.54, 1.807) is 24.3 Å². The minimum Gasteiger partial charge on any atom is -0.489 e. The topological polar surface area (TPSA) is 48.7 Å². The Balaban J connectivity index is 1.65. The highest BCUT2D eigenvalue weighted by Crippen LogP contribution is 2.32. The van der Waals surface area contributed by atoms with Crippen molar-refractivity contribution < 1.29 is 35.8 Å². The summed E-state index contributed by atoms with van der Waals surface area (Å²) in [5, 5.41) is 0.131. The zero-order chi connectivity index (χ0) is 23.9. The van der Waals surface area contributed by atoms with E-state index in [4.69, 9.17) is 13.9 Å². The van der Waals surface area contributed by atoms with E-state index in [-0.39, 0.29) is 28.2 Å². The molecule has 3 aromatic carbocycles. The first-order valence-corrected chi connectivity index (χ1v) is 10.1. The molecule has 0 spiro atoms. The summed E-state index contributed by atoms with van der Waals surface area (Å²) in [7, 11) is 0. The molecule has 0 aliphatic rings. The summed E-state index contributed by atoms with van der Waals surface area (Å²) in [5.41, 5.74) is -1.52. The van der Waals surface area contributed by atoms with Crippen molar-refractivity contribution in [1.29, 1.82) is 0 Å². The summed E-state index contributed by atoms with van der Waals surface area (Å²) in [6.45, 7) is 0.569. The van der Waals surface area contributed by atoms with E-state index in [1.807, 2.05) is 0 Å². The number of halogens is 6. The molecule has 0 bridgehead atoms. The molecule has 170 valence electrons. The summed E-state index contributed by atoms with van der Waals surface area (Å²) < 4.78 is 84.8. The van der Waals surface area contributed by atoms with Crippen molar-refractivity contribution >= 4 is 26.9 Å². The second-order valence-electron chi connectivity index (χ2n) is 6.84. The van der Waals surface area contributed by atoms with Crippen molar-refractivity contribution in [2.45, 2.75) is 13.5 Å². The van der Waals surface area contributed by atoms with E-state index in [0.717, 1.165) is 0 Å². The van der Waals surface area contributed by atoms with Gasteiger partial charge in [-0.25, -0.2) is 22.0 Å². The summed E-state index contributed by atoms with van der Waals surface area (Å²) in [6.07, 6.45) is 0. The SMILES string of the molecule is Cc1oc2cc(OCc3c(F)c(F)c(F)c(F)c3F)ccc2c(=O)c1Oc1ccccc1Br. The second-order valence-corrected chi connectivity index (χ2v) is 7.70. The van der Waals surface area contributed by atoms with Gasteiger partial charge in [0.1, 0.15) is 29.4 Å². The predicted molar refractivity (Wildman–Crippen MR) is 112 cm³/mol. The quantitative estimate of drug-likeness (QED) is 0.161. The third-order valence-corrected chi connectivity index (χ3v) is 5.37. The van der Waals surface area contributed by atoms with Crippen LogP contribution in [0.1, 0.15) is 11.3 Å². The van der Waals surface area contributed by atoms with Crippen LogP contribution in [-0.2, 0) is 6.61 Å². The van der Waals surface area contributed by atoms with Gasteiger partial charge in [0.15, 0.2) is 23.3 Å². The zero-order valence-electron chi connectivity index (χ0n) is 16.6. The normalized spacial score (nSPS) is 11.1. The molecule has 0 unspecified atom stereocenters. The van der Waals surface area contributed by atoms with Gasteiger partial charge in [-0.05, 0) is 47.1 Å². The first-order chi connectivity index (χ1) is 15.7. The highest BCUT2D eigenvalue weighted by atomic mass is 79.9. The van der Waals surface area contributed by atoms with Crippen molar-refractivity contribution in [3.63, 3.8) is 0 Å². The molecule has 0 aliphatic heterocycles. The molecule has 0 fully saturated rings. The van der Waals surface area contributed by atoms with Crippen molar-refractivity contribution in [3.05, 3.63) is 97.6 Å². The van der Waals surface area contributed by atoms with Crippen LogP contribution in [0.2, 0.25) is 0 Å². The lowest BCUT2D eigenvalue weighted by atomic mass is 10.1. The monoisotopic (exact) mass is 526 g/mol. The van der Waals surface area contributed by atoms with E-state index >= 15 is 0 Å². The smallest absolute Gasteiger partial charge is 0.235 e. The number of para-hydroxylation sites is 1. The number of hydrogen-bond donors (Lipinski definition) is 0. The first-order valence-electron chi connectivity index (χ1n) is 9.32. The van der Waals surface area contributed by atoms with Gasteiger partial charge >= 0.3 is 0 Å². The number of aryl methyl sites for hydroxylation is 1. The molecular formula is C23H12BrF5O4. The summed E-state index contributed by atoms with van der Waals surface area (Å²) in [4.78, 5) is 12.9. The van der Waals surface area contributed by atoms with Gasteiger partial charge in [-0.1, -0.05) is 12.1 Å². The number of ether oxygens (including phenoxy) is 2. The van der Waals surface area contributed by atoms with E-state index in [0.29, 0.717) is 10.2 Å². The fraction of sp³-hybridized carbons (Fsp3) is 0.0870. The molecule has 0 radical (unpaired) electrons. The Morgan fingerprint density at radius 1 is 0.909 bits per heavy atom. The largest absolute Gasteiger partial charge is 0.489 e. The van der Waals surface area contributed by atoms with E-state index in [1.165, 1.54) is 25.1 Å². The van der Waals surface area contributed by atoms with E-state index in [9.17, 15) is 26.7 Å². The van der Waals surface area contributed by atoms with Gasteiger partial charge in [0.25, 0.3) is 0 Å². The molecule has 4 rings (SSSR count). The number of rotatable bonds is 5. The molecule has 33 heavy (non-hydrogen) atoms. The van der Waals surface area contributed by atoms with Gasteiger partial charge in [-0.3, -0.25) is 4.79 Å². The van der Waals surface area contributed by atoms with Crippen LogP contribution in [0.15, 0.2) is 56.1 Å². The number of benzene rings is 3. The summed E-state index contributed by atoms with van der Waals surface area (Å²) >= 11 is 3.33. The van der Waals surface area contributed by atoms with E-state index < -0.39 is 46.7 Å². The van der Waals surface area contributed by atoms with Crippen LogP contribution >= 0.6 is 15.9 Å². The minimum absolute atomic E-state index is 0.0199. The maximum absolute atomic E-state index is 13.8. The van der Waals surface area contributed by atoms with Gasteiger partial charge in [-0.2, -0.15) is 0 Å². The predicted octanol–water partition coefficient (Wildman–Crippen LogP) is 6.93. The Kier molecular flexibility index (Phi) is 6.11. The lowest BCUT2D eigenvalue weighted by molar-refractivity contribution is 0.279. The zero-order valence-corrected chi connectivity index (χ0v) is 18.2. The van der Waals surface area contributed by atoms with Gasteiger partial charge < -0.3 is 13.9 Å². The molecule has 0 saturated heterocycles. The third-order valence-electron chi connectivity index (χ3n) is 4.72. The highest BCUT2D eigenvalue weighted by Gasteiger charge is 2.26. The fourth-order valence-corrected chi connectivity index (χ4v) is 3.41. The lowest BCUT2D eigenvalue weighted by Crippen LogP contribution is -2.10. The molecule has 0 amide bonds. The fourth-order valence-electron chi connectivity index (χ4n) is 3.05. The summed E-state index contributed by atoms with van der Waals surface area (Å²) in [5.74, 6) is -9.85. The lowest BCUT2D eigenvalue weighted by Gasteiger charge is -2.12. The molecule has 10 heteroatoms. The Hall–Kier alpha value is -3.40. The molecule has 4 nitrogen and oxygen atoms in total. The Morgan fingerprint density at radius 3 is 2.21 bits per heavy atom. The molecule has 1 heterocycles. The van der Waals surface area contributed by atoms with Crippen LogP contribution in [0, 0.1) is 36.0 Å². The molecule has 0 aliphatic carbocycles. The van der Waals surface area contributed by atoms with E-state index in [2.05, 4.69) is 15.9 Å². The molecule has 0 N–H and O–H groups in total. The van der Waals surface area contributed by atoms with Crippen LogP contribution < -0.4 is 14.9 Å². The van der Waals surface area contributed by atoms with Gasteiger partial charge in [0.05, 0.1) is 15.4 Å². The first kappa shape index (κ1) is 22.8. The maximum Gasteiger partial charge on any atom is 0.235 e. The van der Waals surface area contributed by atoms with Crippen LogP contribution in [0.4, 0.5) is 22.0 Å². The Labute approximate surface area is 191 Å². The molecule has 0 saturated carbocycles. The van der Waals surface area contributed by atoms with Crippen molar-refractivity contribution in [1.82, 2.24) is 0 Å². The average Bonchev–Trinajstić information content (AvgIpc) is 2.80. The van der Waals surface area contributed by atoms with Gasteiger partial charge in [-0.15, -0.1) is 0 Å².